The maximum Gasteiger partial charge on any atom is 0.243 e. The van der Waals surface area contributed by atoms with Gasteiger partial charge < -0.3 is 10.6 Å². The van der Waals surface area contributed by atoms with E-state index in [1.807, 2.05) is 14.0 Å². The van der Waals surface area contributed by atoms with Crippen LogP contribution in [0, 0.1) is 6.92 Å². The first-order valence-corrected chi connectivity index (χ1v) is 8.31. The van der Waals surface area contributed by atoms with Crippen molar-refractivity contribution >= 4 is 27.3 Å². The van der Waals surface area contributed by atoms with E-state index in [0.717, 1.165) is 6.54 Å². The predicted molar refractivity (Wildman–Crippen MR) is 81.5 cm³/mol. The Morgan fingerprint density at radius 1 is 1.35 bits per heavy atom. The van der Waals surface area contributed by atoms with Crippen LogP contribution in [0.4, 0.5) is 5.69 Å². The summed E-state index contributed by atoms with van der Waals surface area (Å²) < 4.78 is 27.2. The Hall–Kier alpha value is -0.820. The molecular weight excluding hydrogens is 298 g/mol. The molecule has 1 fully saturated rings. The van der Waals surface area contributed by atoms with Gasteiger partial charge in [0.1, 0.15) is 0 Å². The van der Waals surface area contributed by atoms with Gasteiger partial charge in [-0.3, -0.25) is 0 Å². The molecule has 0 radical (unpaired) electrons. The molecule has 1 unspecified atom stereocenters. The first-order valence-electron chi connectivity index (χ1n) is 6.49. The SMILES string of the molecule is Cc1c(N)cc(Cl)cc1S(=O)(=O)N1CCN(C)CC1C. The van der Waals surface area contributed by atoms with Gasteiger partial charge in [-0.25, -0.2) is 8.42 Å². The number of likely N-dealkylation sites (N-methyl/N-ethyl adjacent to an activating group) is 1. The molecule has 0 aliphatic carbocycles. The first-order chi connectivity index (χ1) is 9.23. The number of piperazine rings is 1. The normalized spacial score (nSPS) is 22.1. The standard InChI is InChI=1S/C13H20ClN3O2S/c1-9-8-16(3)4-5-17(9)20(18,19)13-7-11(14)6-12(15)10(13)2/h6-7,9H,4-5,8,15H2,1-3H3. The molecule has 1 saturated heterocycles. The van der Waals surface area contributed by atoms with Crippen LogP contribution in [0.25, 0.3) is 0 Å². The fraction of sp³-hybridized carbons (Fsp3) is 0.538. The molecular formula is C13H20ClN3O2S. The molecule has 0 saturated carbocycles. The molecule has 0 amide bonds. The van der Waals surface area contributed by atoms with Crippen molar-refractivity contribution in [2.75, 3.05) is 32.4 Å². The molecule has 1 aliphatic rings. The fourth-order valence-electron chi connectivity index (χ4n) is 2.55. The Morgan fingerprint density at radius 2 is 2.00 bits per heavy atom. The minimum absolute atomic E-state index is 0.0710. The fourth-order valence-corrected chi connectivity index (χ4v) is 4.74. The van der Waals surface area contributed by atoms with E-state index in [1.165, 1.54) is 10.4 Å². The highest BCUT2D eigenvalue weighted by Crippen LogP contribution is 2.29. The Balaban J connectivity index is 2.46. The Bertz CT molecular complexity index is 618. The van der Waals surface area contributed by atoms with Gasteiger partial charge in [0.2, 0.25) is 10.0 Å². The Labute approximate surface area is 125 Å². The van der Waals surface area contributed by atoms with Gasteiger partial charge in [0, 0.05) is 36.4 Å². The zero-order chi connectivity index (χ0) is 15.1. The highest BCUT2D eigenvalue weighted by molar-refractivity contribution is 7.89. The van der Waals surface area contributed by atoms with Crippen LogP contribution in [0.1, 0.15) is 12.5 Å². The summed E-state index contributed by atoms with van der Waals surface area (Å²) in [6, 6.07) is 2.98. The molecule has 2 N–H and O–H groups in total. The van der Waals surface area contributed by atoms with Crippen molar-refractivity contribution in [2.45, 2.75) is 24.8 Å². The summed E-state index contributed by atoms with van der Waals surface area (Å²) in [6.07, 6.45) is 0. The molecule has 1 heterocycles. The third-order valence-electron chi connectivity index (χ3n) is 3.72. The lowest BCUT2D eigenvalue weighted by Gasteiger charge is -2.37. The van der Waals surface area contributed by atoms with Gasteiger partial charge in [0.05, 0.1) is 4.90 Å². The van der Waals surface area contributed by atoms with E-state index < -0.39 is 10.0 Å². The van der Waals surface area contributed by atoms with Crippen molar-refractivity contribution in [2.24, 2.45) is 0 Å². The number of halogens is 1. The van der Waals surface area contributed by atoms with E-state index in [1.54, 1.807) is 13.0 Å². The lowest BCUT2D eigenvalue weighted by molar-refractivity contribution is 0.170. The van der Waals surface area contributed by atoms with Crippen molar-refractivity contribution in [3.05, 3.63) is 22.7 Å². The number of nitrogens with zero attached hydrogens (tertiary/aromatic N) is 2. The minimum Gasteiger partial charge on any atom is -0.398 e. The molecule has 1 aromatic carbocycles. The van der Waals surface area contributed by atoms with Crippen LogP contribution in [0.2, 0.25) is 5.02 Å². The predicted octanol–water partition coefficient (Wildman–Crippen LogP) is 1.56. The van der Waals surface area contributed by atoms with Gasteiger partial charge in [0.15, 0.2) is 0 Å². The third-order valence-corrected chi connectivity index (χ3v) is 6.08. The summed E-state index contributed by atoms with van der Waals surface area (Å²) in [4.78, 5) is 2.33. The highest BCUT2D eigenvalue weighted by Gasteiger charge is 2.34. The highest BCUT2D eigenvalue weighted by atomic mass is 35.5. The Kier molecular flexibility index (Phi) is 4.30. The van der Waals surface area contributed by atoms with E-state index in [-0.39, 0.29) is 10.9 Å². The molecule has 7 heteroatoms. The molecule has 1 aromatic rings. The van der Waals surface area contributed by atoms with Gasteiger partial charge in [-0.15, -0.1) is 0 Å². The second-order valence-electron chi connectivity index (χ2n) is 5.35. The molecule has 0 spiro atoms. The summed E-state index contributed by atoms with van der Waals surface area (Å²) in [7, 11) is -1.58. The van der Waals surface area contributed by atoms with E-state index >= 15 is 0 Å². The van der Waals surface area contributed by atoms with Gasteiger partial charge in [-0.2, -0.15) is 4.31 Å². The van der Waals surface area contributed by atoms with Gasteiger partial charge in [0.25, 0.3) is 0 Å². The van der Waals surface area contributed by atoms with Crippen molar-refractivity contribution in [3.8, 4) is 0 Å². The monoisotopic (exact) mass is 317 g/mol. The van der Waals surface area contributed by atoms with E-state index in [4.69, 9.17) is 17.3 Å². The molecule has 112 valence electrons. The van der Waals surface area contributed by atoms with Crippen LogP contribution in [-0.2, 0) is 10.0 Å². The number of hydrogen-bond donors (Lipinski definition) is 1. The average Bonchev–Trinajstić information content (AvgIpc) is 2.33. The van der Waals surface area contributed by atoms with Crippen LogP contribution >= 0.6 is 11.6 Å². The number of sulfonamides is 1. The van der Waals surface area contributed by atoms with Gasteiger partial charge in [-0.1, -0.05) is 11.6 Å². The van der Waals surface area contributed by atoms with Crippen molar-refractivity contribution in [1.82, 2.24) is 9.21 Å². The smallest absolute Gasteiger partial charge is 0.243 e. The van der Waals surface area contributed by atoms with Crippen LogP contribution < -0.4 is 5.73 Å². The van der Waals surface area contributed by atoms with Crippen molar-refractivity contribution < 1.29 is 8.42 Å². The largest absolute Gasteiger partial charge is 0.398 e. The van der Waals surface area contributed by atoms with Crippen LogP contribution in [0.3, 0.4) is 0 Å². The summed E-state index contributed by atoms with van der Waals surface area (Å²) in [5.41, 5.74) is 6.79. The summed E-state index contributed by atoms with van der Waals surface area (Å²) in [5, 5.41) is 0.341. The minimum atomic E-state index is -3.57. The lowest BCUT2D eigenvalue weighted by Crippen LogP contribution is -2.52. The van der Waals surface area contributed by atoms with Crippen molar-refractivity contribution in [1.29, 1.82) is 0 Å². The summed E-state index contributed by atoms with van der Waals surface area (Å²) in [6.45, 7) is 5.54. The number of rotatable bonds is 2. The maximum atomic E-state index is 12.8. The summed E-state index contributed by atoms with van der Waals surface area (Å²) >= 11 is 5.96. The van der Waals surface area contributed by atoms with E-state index in [2.05, 4.69) is 4.90 Å². The van der Waals surface area contributed by atoms with E-state index in [0.29, 0.717) is 29.4 Å². The topological polar surface area (TPSA) is 66.6 Å². The first kappa shape index (κ1) is 15.6. The van der Waals surface area contributed by atoms with Crippen LogP contribution in [0.5, 0.6) is 0 Å². The molecule has 1 aliphatic heterocycles. The lowest BCUT2D eigenvalue weighted by atomic mass is 10.2. The zero-order valence-electron chi connectivity index (χ0n) is 11.9. The molecule has 1 atom stereocenters. The number of benzene rings is 1. The maximum absolute atomic E-state index is 12.8. The Morgan fingerprint density at radius 3 is 2.60 bits per heavy atom. The van der Waals surface area contributed by atoms with Crippen molar-refractivity contribution in [3.63, 3.8) is 0 Å². The van der Waals surface area contributed by atoms with Gasteiger partial charge >= 0.3 is 0 Å². The average molecular weight is 318 g/mol. The molecule has 20 heavy (non-hydrogen) atoms. The second-order valence-corrected chi connectivity index (χ2v) is 7.64. The number of anilines is 1. The number of nitrogen functional groups attached to an aromatic ring is 1. The van der Waals surface area contributed by atoms with Crippen LogP contribution in [0.15, 0.2) is 17.0 Å². The molecule has 5 nitrogen and oxygen atoms in total. The zero-order valence-corrected chi connectivity index (χ0v) is 13.5. The number of hydrogen-bond acceptors (Lipinski definition) is 4. The van der Waals surface area contributed by atoms with Crippen LogP contribution in [-0.4, -0.2) is 50.3 Å². The summed E-state index contributed by atoms with van der Waals surface area (Å²) in [5.74, 6) is 0. The quantitative estimate of drug-likeness (QED) is 0.841. The third kappa shape index (κ3) is 2.79. The van der Waals surface area contributed by atoms with E-state index in [9.17, 15) is 8.42 Å². The second kappa shape index (κ2) is 5.52. The number of nitrogens with two attached hydrogens (primary N) is 1. The van der Waals surface area contributed by atoms with Gasteiger partial charge in [-0.05, 0) is 38.6 Å². The molecule has 0 aromatic heterocycles. The molecule has 2 rings (SSSR count). The molecule has 0 bridgehead atoms.